The summed E-state index contributed by atoms with van der Waals surface area (Å²) < 4.78 is 1.78. The van der Waals surface area contributed by atoms with E-state index in [0.717, 1.165) is 0 Å². The minimum absolute atomic E-state index is 0.106. The number of aromatic nitrogens is 3. The van der Waals surface area contributed by atoms with Crippen LogP contribution in [0.5, 0.6) is 0 Å². The van der Waals surface area contributed by atoms with Gasteiger partial charge in [-0.1, -0.05) is 0 Å². The average molecular weight is 201 g/mol. The van der Waals surface area contributed by atoms with Crippen LogP contribution in [0.25, 0.3) is 0 Å². The third-order valence-corrected chi connectivity index (χ3v) is 1.78. The van der Waals surface area contributed by atoms with Gasteiger partial charge in [0.1, 0.15) is 6.54 Å². The maximum absolute atomic E-state index is 11.1. The lowest BCUT2D eigenvalue weighted by Crippen LogP contribution is -2.27. The number of nitrogen functional groups attached to an aromatic ring is 1. The molecule has 0 saturated carbocycles. The molecule has 7 heteroatoms. The molecule has 0 aliphatic heterocycles. The molecule has 72 valence electrons. The maximum Gasteiger partial charge on any atom is 0.240 e. The molecule has 0 unspecified atom stereocenters. The number of nitrogens with one attached hydrogen (secondary N) is 2. The molecule has 0 atom stereocenters. The Bertz CT molecular complexity index is 354. The van der Waals surface area contributed by atoms with Gasteiger partial charge in [0.05, 0.1) is 0 Å². The van der Waals surface area contributed by atoms with Crippen LogP contribution in [0.4, 0.5) is 5.95 Å². The maximum atomic E-state index is 11.1. The zero-order chi connectivity index (χ0) is 9.84. The van der Waals surface area contributed by atoms with Crippen molar-refractivity contribution >= 4 is 24.1 Å². The number of carbonyl (C=O) groups is 1. The molecule has 1 aromatic rings. The summed E-state index contributed by atoms with van der Waals surface area (Å²) in [7, 11) is 0. The molecular weight excluding hydrogens is 190 g/mol. The predicted octanol–water partition coefficient (Wildman–Crippen LogP) is -0.341. The largest absolute Gasteiger partial charge is 0.368 e. The first-order valence-corrected chi connectivity index (χ1v) is 4.23. The Kier molecular flexibility index (Phi) is 3.02. The fourth-order valence-electron chi connectivity index (χ4n) is 0.879. The predicted molar refractivity (Wildman–Crippen MR) is 50.5 cm³/mol. The molecule has 13 heavy (non-hydrogen) atoms. The van der Waals surface area contributed by atoms with E-state index >= 15 is 0 Å². The van der Waals surface area contributed by atoms with Crippen LogP contribution >= 0.6 is 12.2 Å². The number of H-pyrrole nitrogens is 1. The summed E-state index contributed by atoms with van der Waals surface area (Å²) in [5, 5.41) is 8.80. The van der Waals surface area contributed by atoms with E-state index in [2.05, 4.69) is 15.5 Å². The van der Waals surface area contributed by atoms with Crippen molar-refractivity contribution in [2.75, 3.05) is 12.3 Å². The van der Waals surface area contributed by atoms with Gasteiger partial charge in [-0.05, 0) is 19.1 Å². The van der Waals surface area contributed by atoms with Crippen molar-refractivity contribution in [3.8, 4) is 0 Å². The number of rotatable bonds is 3. The summed E-state index contributed by atoms with van der Waals surface area (Å²) in [4.78, 5) is 11.1. The van der Waals surface area contributed by atoms with Crippen molar-refractivity contribution in [1.82, 2.24) is 20.1 Å². The zero-order valence-corrected chi connectivity index (χ0v) is 8.02. The number of amides is 1. The number of hydrogen-bond acceptors (Lipinski definition) is 4. The standard InChI is InChI=1S/C6H11N5OS/c1-2-8-4(12)3-11-5(7)9-10-6(11)13/h2-3H2,1H3,(H2,7,9)(H,8,12)(H,10,13). The number of nitrogens with two attached hydrogens (primary N) is 1. The van der Waals surface area contributed by atoms with Gasteiger partial charge in [0.15, 0.2) is 4.77 Å². The lowest BCUT2D eigenvalue weighted by Gasteiger charge is -2.03. The second kappa shape index (κ2) is 4.04. The Morgan fingerprint density at radius 3 is 3.00 bits per heavy atom. The van der Waals surface area contributed by atoms with Gasteiger partial charge in [-0.15, -0.1) is 5.10 Å². The molecule has 0 aliphatic rings. The van der Waals surface area contributed by atoms with Gasteiger partial charge in [0, 0.05) is 6.54 Å². The van der Waals surface area contributed by atoms with Crippen LogP contribution in [0.2, 0.25) is 0 Å². The van der Waals surface area contributed by atoms with E-state index in [0.29, 0.717) is 11.3 Å². The van der Waals surface area contributed by atoms with Gasteiger partial charge in [0.25, 0.3) is 0 Å². The molecule has 6 nitrogen and oxygen atoms in total. The second-order valence-corrected chi connectivity index (χ2v) is 2.81. The van der Waals surface area contributed by atoms with Crippen molar-refractivity contribution in [3.63, 3.8) is 0 Å². The van der Waals surface area contributed by atoms with Crippen LogP contribution in [0.15, 0.2) is 0 Å². The van der Waals surface area contributed by atoms with E-state index in [9.17, 15) is 4.79 Å². The molecule has 0 saturated heterocycles. The molecule has 0 bridgehead atoms. The molecule has 1 heterocycles. The molecule has 0 aromatic carbocycles. The Labute approximate surface area is 80.1 Å². The van der Waals surface area contributed by atoms with E-state index < -0.39 is 0 Å². The number of likely N-dealkylation sites (N-methyl/N-ethyl adjacent to an activating group) is 1. The molecule has 1 amide bonds. The van der Waals surface area contributed by atoms with Crippen LogP contribution in [0.3, 0.4) is 0 Å². The second-order valence-electron chi connectivity index (χ2n) is 2.43. The van der Waals surface area contributed by atoms with Crippen LogP contribution in [0, 0.1) is 4.77 Å². The average Bonchev–Trinajstić information content (AvgIpc) is 2.36. The van der Waals surface area contributed by atoms with Gasteiger partial charge >= 0.3 is 0 Å². The van der Waals surface area contributed by atoms with E-state index in [1.54, 1.807) is 0 Å². The topological polar surface area (TPSA) is 88.7 Å². The summed E-state index contributed by atoms with van der Waals surface area (Å²) >= 11 is 4.86. The third-order valence-electron chi connectivity index (χ3n) is 1.46. The highest BCUT2D eigenvalue weighted by atomic mass is 32.1. The SMILES string of the molecule is CCNC(=O)Cn1c(N)n[nH]c1=S. The minimum atomic E-state index is -0.133. The highest BCUT2D eigenvalue weighted by Gasteiger charge is 2.05. The van der Waals surface area contributed by atoms with Gasteiger partial charge in [-0.25, -0.2) is 5.10 Å². The van der Waals surface area contributed by atoms with Crippen molar-refractivity contribution in [1.29, 1.82) is 0 Å². The fraction of sp³-hybridized carbons (Fsp3) is 0.500. The zero-order valence-electron chi connectivity index (χ0n) is 7.20. The molecule has 1 rings (SSSR count). The van der Waals surface area contributed by atoms with Crippen molar-refractivity contribution in [2.24, 2.45) is 0 Å². The van der Waals surface area contributed by atoms with Gasteiger partial charge < -0.3 is 11.1 Å². The smallest absolute Gasteiger partial charge is 0.240 e. The monoisotopic (exact) mass is 201 g/mol. The summed E-state index contributed by atoms with van der Waals surface area (Å²) in [6, 6.07) is 0. The summed E-state index contributed by atoms with van der Waals surface area (Å²) in [5.74, 6) is 0.0861. The molecule has 0 fully saturated rings. The summed E-state index contributed by atoms with van der Waals surface area (Å²) in [5.41, 5.74) is 5.46. The van der Waals surface area contributed by atoms with Crippen LogP contribution in [0.1, 0.15) is 6.92 Å². The molecule has 0 radical (unpaired) electrons. The Morgan fingerprint density at radius 2 is 2.54 bits per heavy atom. The Morgan fingerprint density at radius 1 is 1.85 bits per heavy atom. The van der Waals surface area contributed by atoms with Crippen molar-refractivity contribution in [2.45, 2.75) is 13.5 Å². The minimum Gasteiger partial charge on any atom is -0.368 e. The van der Waals surface area contributed by atoms with Crippen LogP contribution in [-0.4, -0.2) is 27.2 Å². The van der Waals surface area contributed by atoms with Crippen LogP contribution < -0.4 is 11.1 Å². The normalized spacial score (nSPS) is 9.92. The lowest BCUT2D eigenvalue weighted by atomic mass is 10.5. The lowest BCUT2D eigenvalue weighted by molar-refractivity contribution is -0.121. The van der Waals surface area contributed by atoms with E-state index in [1.165, 1.54) is 4.57 Å². The van der Waals surface area contributed by atoms with Gasteiger partial charge in [0.2, 0.25) is 11.9 Å². The quantitative estimate of drug-likeness (QED) is 0.584. The van der Waals surface area contributed by atoms with E-state index in [1.807, 2.05) is 6.92 Å². The number of aromatic amines is 1. The highest BCUT2D eigenvalue weighted by molar-refractivity contribution is 7.71. The van der Waals surface area contributed by atoms with Crippen LogP contribution in [-0.2, 0) is 11.3 Å². The van der Waals surface area contributed by atoms with Crippen molar-refractivity contribution < 1.29 is 4.79 Å². The van der Waals surface area contributed by atoms with Crippen molar-refractivity contribution in [3.05, 3.63) is 4.77 Å². The van der Waals surface area contributed by atoms with E-state index in [4.69, 9.17) is 18.0 Å². The first-order chi connectivity index (χ1) is 6.15. The first-order valence-electron chi connectivity index (χ1n) is 3.82. The first kappa shape index (κ1) is 9.72. The number of anilines is 1. The summed E-state index contributed by atoms with van der Waals surface area (Å²) in [6.45, 7) is 2.54. The molecule has 0 aliphatic carbocycles. The van der Waals surface area contributed by atoms with E-state index in [-0.39, 0.29) is 18.4 Å². The Balaban J connectivity index is 2.74. The summed E-state index contributed by atoms with van der Waals surface area (Å²) in [6.07, 6.45) is 0. The molecule has 0 spiro atoms. The molecular formula is C6H11N5OS. The third kappa shape index (κ3) is 2.28. The van der Waals surface area contributed by atoms with Gasteiger partial charge in [-0.3, -0.25) is 9.36 Å². The fourth-order valence-corrected chi connectivity index (χ4v) is 1.08. The number of nitrogens with zero attached hydrogens (tertiary/aromatic N) is 2. The molecule has 1 aromatic heterocycles. The number of carbonyl (C=O) groups excluding carboxylic acids is 1. The molecule has 4 N–H and O–H groups in total. The van der Waals surface area contributed by atoms with Gasteiger partial charge in [-0.2, -0.15) is 0 Å². The Hall–Kier alpha value is -1.37. The highest BCUT2D eigenvalue weighted by Crippen LogP contribution is 1.97. The number of hydrogen-bond donors (Lipinski definition) is 3.